The largest absolute Gasteiger partial charge is 0.286 e. The van der Waals surface area contributed by atoms with Crippen molar-refractivity contribution in [3.63, 3.8) is 0 Å². The van der Waals surface area contributed by atoms with Crippen molar-refractivity contribution in [2.45, 2.75) is 25.0 Å². The highest BCUT2D eigenvalue weighted by Gasteiger charge is 2.27. The fraction of sp³-hybridized carbons (Fsp3) is 1.00. The van der Waals surface area contributed by atoms with Crippen LogP contribution in [-0.4, -0.2) is 72.2 Å². The van der Waals surface area contributed by atoms with Crippen molar-refractivity contribution in [3.8, 4) is 0 Å². The Morgan fingerprint density at radius 3 is 1.91 bits per heavy atom. The van der Waals surface area contributed by atoms with E-state index in [1.165, 1.54) is 6.92 Å². The Kier molecular flexibility index (Phi) is 8.47. The van der Waals surface area contributed by atoms with Crippen molar-refractivity contribution in [3.05, 3.63) is 0 Å². The van der Waals surface area contributed by atoms with Gasteiger partial charge >= 0.3 is 0 Å². The second-order valence-electron chi connectivity index (χ2n) is 4.84. The van der Waals surface area contributed by atoms with Crippen LogP contribution in [0.4, 0.5) is 0 Å². The molecule has 0 bridgehead atoms. The molecule has 0 saturated heterocycles. The van der Waals surface area contributed by atoms with Gasteiger partial charge in [0.2, 0.25) is 0 Å². The van der Waals surface area contributed by atoms with Crippen LogP contribution in [0.3, 0.4) is 0 Å². The van der Waals surface area contributed by atoms with E-state index < -0.39 is 63.0 Å². The number of thiol groups is 1. The topological polar surface area (TPSA) is 157 Å². The lowest BCUT2D eigenvalue weighted by atomic mass is 10.4. The number of rotatable bonds is 11. The van der Waals surface area contributed by atoms with Crippen LogP contribution in [0.2, 0.25) is 0 Å². The Hall–Kier alpha value is -0.240. The SMILES string of the molecule is CC(CS(=O)(=O)CCS(=O)(=O)O)S(=O)(=O)CCCC[SH](=O)=O. The summed E-state index contributed by atoms with van der Waals surface area (Å²) in [6, 6.07) is 0. The van der Waals surface area contributed by atoms with Gasteiger partial charge in [-0.1, -0.05) is 0 Å². The smallest absolute Gasteiger partial charge is 0.265 e. The molecule has 0 aliphatic rings. The molecular formula is C9H20O9S4. The summed E-state index contributed by atoms with van der Waals surface area (Å²) in [5.41, 5.74) is 0. The summed E-state index contributed by atoms with van der Waals surface area (Å²) in [4.78, 5) is 0. The fourth-order valence-electron chi connectivity index (χ4n) is 1.52. The van der Waals surface area contributed by atoms with Gasteiger partial charge in [0.15, 0.2) is 19.7 Å². The Morgan fingerprint density at radius 1 is 0.909 bits per heavy atom. The molecule has 0 aliphatic carbocycles. The molecule has 0 spiro atoms. The highest BCUT2D eigenvalue weighted by Crippen LogP contribution is 2.09. The van der Waals surface area contributed by atoms with Crippen LogP contribution in [-0.2, 0) is 40.5 Å². The minimum Gasteiger partial charge on any atom is -0.286 e. The Morgan fingerprint density at radius 2 is 1.45 bits per heavy atom. The molecule has 0 rings (SSSR count). The van der Waals surface area contributed by atoms with Crippen LogP contribution in [0.15, 0.2) is 0 Å². The Labute approximate surface area is 132 Å². The normalized spacial score (nSPS) is 15.0. The predicted molar refractivity (Wildman–Crippen MR) is 82.7 cm³/mol. The average molecular weight is 401 g/mol. The highest BCUT2D eigenvalue weighted by atomic mass is 32.2. The summed E-state index contributed by atoms with van der Waals surface area (Å²) < 4.78 is 97.2. The van der Waals surface area contributed by atoms with E-state index in [0.29, 0.717) is 0 Å². The minimum absolute atomic E-state index is 0.0983. The van der Waals surface area contributed by atoms with Crippen LogP contribution in [0, 0.1) is 0 Å². The lowest BCUT2D eigenvalue weighted by molar-refractivity contribution is 0.484. The van der Waals surface area contributed by atoms with E-state index in [1.54, 1.807) is 0 Å². The van der Waals surface area contributed by atoms with Gasteiger partial charge in [-0.05, 0) is 19.8 Å². The molecule has 0 radical (unpaired) electrons. The third-order valence-corrected chi connectivity index (χ3v) is 8.73. The summed E-state index contributed by atoms with van der Waals surface area (Å²) in [6.45, 7) is 1.19. The van der Waals surface area contributed by atoms with Gasteiger partial charge in [0.05, 0.1) is 28.3 Å². The third kappa shape index (κ3) is 10.5. The summed E-state index contributed by atoms with van der Waals surface area (Å²) in [5.74, 6) is -3.07. The van der Waals surface area contributed by atoms with E-state index in [0.717, 1.165) is 0 Å². The molecule has 22 heavy (non-hydrogen) atoms. The van der Waals surface area contributed by atoms with E-state index in [1.807, 2.05) is 0 Å². The van der Waals surface area contributed by atoms with Crippen LogP contribution >= 0.6 is 0 Å². The van der Waals surface area contributed by atoms with Crippen LogP contribution in [0.5, 0.6) is 0 Å². The Bertz CT molecular complexity index is 720. The van der Waals surface area contributed by atoms with E-state index in [2.05, 4.69) is 0 Å². The number of sulfone groups is 2. The van der Waals surface area contributed by atoms with Gasteiger partial charge in [-0.15, -0.1) is 0 Å². The molecule has 0 heterocycles. The lowest BCUT2D eigenvalue weighted by Crippen LogP contribution is -2.31. The van der Waals surface area contributed by atoms with Gasteiger partial charge in [-0.3, -0.25) is 4.55 Å². The molecule has 134 valence electrons. The zero-order valence-electron chi connectivity index (χ0n) is 11.9. The molecule has 0 fully saturated rings. The first kappa shape index (κ1) is 21.8. The van der Waals surface area contributed by atoms with E-state index in [9.17, 15) is 33.7 Å². The molecular weight excluding hydrogens is 380 g/mol. The van der Waals surface area contributed by atoms with Crippen molar-refractivity contribution in [1.82, 2.24) is 0 Å². The molecule has 0 aromatic heterocycles. The van der Waals surface area contributed by atoms with Crippen molar-refractivity contribution in [2.75, 3.05) is 28.8 Å². The predicted octanol–water partition coefficient (Wildman–Crippen LogP) is -1.52. The van der Waals surface area contributed by atoms with E-state index >= 15 is 0 Å². The van der Waals surface area contributed by atoms with Crippen LogP contribution in [0.25, 0.3) is 0 Å². The molecule has 0 saturated carbocycles. The molecule has 0 aromatic rings. The molecule has 0 amide bonds. The van der Waals surface area contributed by atoms with Crippen molar-refractivity contribution in [1.29, 1.82) is 0 Å². The first-order chi connectivity index (χ1) is 9.75. The molecule has 9 nitrogen and oxygen atoms in total. The molecule has 1 atom stereocenters. The third-order valence-electron chi connectivity index (χ3n) is 2.77. The maximum absolute atomic E-state index is 11.9. The molecule has 1 N–H and O–H groups in total. The Balaban J connectivity index is 4.58. The van der Waals surface area contributed by atoms with Gasteiger partial charge < -0.3 is 0 Å². The maximum atomic E-state index is 11.9. The number of hydrogen-bond donors (Lipinski definition) is 2. The number of hydrogen-bond acceptors (Lipinski definition) is 8. The van der Waals surface area contributed by atoms with Gasteiger partial charge in [0, 0.05) is 5.75 Å². The summed E-state index contributed by atoms with van der Waals surface area (Å²) in [6.07, 6.45) is 0.265. The quantitative estimate of drug-likeness (QED) is 0.239. The van der Waals surface area contributed by atoms with E-state index in [-0.39, 0.29) is 24.3 Å². The lowest BCUT2D eigenvalue weighted by Gasteiger charge is -2.13. The van der Waals surface area contributed by atoms with Crippen molar-refractivity contribution in [2.24, 2.45) is 0 Å². The molecule has 1 unspecified atom stereocenters. The molecule has 0 aromatic carbocycles. The fourth-order valence-corrected chi connectivity index (χ4v) is 7.20. The summed E-state index contributed by atoms with van der Waals surface area (Å²) >= 11 is 0. The monoisotopic (exact) mass is 400 g/mol. The van der Waals surface area contributed by atoms with Crippen LogP contribution in [0.1, 0.15) is 19.8 Å². The zero-order chi connectivity index (χ0) is 17.6. The highest BCUT2D eigenvalue weighted by molar-refractivity contribution is 7.96. The van der Waals surface area contributed by atoms with Gasteiger partial charge in [0.1, 0.15) is 10.7 Å². The minimum atomic E-state index is -4.44. The van der Waals surface area contributed by atoms with Crippen molar-refractivity contribution >= 4 is 40.5 Å². The maximum Gasteiger partial charge on any atom is 0.265 e. The van der Waals surface area contributed by atoms with Crippen molar-refractivity contribution < 1.29 is 38.2 Å². The van der Waals surface area contributed by atoms with Crippen LogP contribution < -0.4 is 0 Å². The summed E-state index contributed by atoms with van der Waals surface area (Å²) in [7, 11) is -14.7. The average Bonchev–Trinajstić information content (AvgIpc) is 2.31. The zero-order valence-corrected chi connectivity index (χ0v) is 15.3. The standard InChI is InChI=1S/C9H20O9S4/c1-9(8-20(12,13)6-7-22(16,17)18)21(14,15)5-3-2-4-19(10)11/h9,19H,2-8H2,1H3,(H,16,17,18). The molecule has 13 heteroatoms. The second-order valence-corrected chi connectivity index (χ2v) is 12.3. The number of unbranched alkanes of at least 4 members (excludes halogenated alkanes) is 1. The van der Waals surface area contributed by atoms with Gasteiger partial charge in [0.25, 0.3) is 10.1 Å². The first-order valence-corrected chi connectivity index (χ1v) is 12.7. The van der Waals surface area contributed by atoms with Gasteiger partial charge in [-0.2, -0.15) is 8.42 Å². The van der Waals surface area contributed by atoms with Gasteiger partial charge in [-0.25, -0.2) is 25.3 Å². The summed E-state index contributed by atoms with van der Waals surface area (Å²) in [5, 5.41) is -1.24. The second kappa shape index (κ2) is 8.57. The van der Waals surface area contributed by atoms with E-state index in [4.69, 9.17) is 4.55 Å². The first-order valence-electron chi connectivity index (χ1n) is 6.24. The molecule has 0 aliphatic heterocycles.